The molecule has 0 spiro atoms. The highest BCUT2D eigenvalue weighted by Crippen LogP contribution is 2.23. The first-order valence-electron chi connectivity index (χ1n) is 7.99. The van der Waals surface area contributed by atoms with Crippen LogP contribution in [-0.2, 0) is 32.2 Å². The van der Waals surface area contributed by atoms with Crippen LogP contribution in [0, 0.1) is 10.1 Å². The number of hydrogen-bond acceptors (Lipinski definition) is 8. The Hall–Kier alpha value is -2.30. The van der Waals surface area contributed by atoms with Crippen molar-refractivity contribution in [2.75, 3.05) is 0 Å². The average molecular weight is 364 g/mol. The number of nitro groups is 1. The van der Waals surface area contributed by atoms with Crippen LogP contribution in [0.3, 0.4) is 0 Å². The lowest BCUT2D eigenvalue weighted by Gasteiger charge is -2.22. The minimum atomic E-state index is -0.652. The summed E-state index contributed by atoms with van der Waals surface area (Å²) in [6.07, 6.45) is 0.615. The van der Waals surface area contributed by atoms with Crippen molar-refractivity contribution in [2.45, 2.75) is 51.9 Å². The van der Waals surface area contributed by atoms with Crippen LogP contribution in [0.25, 0.3) is 0 Å². The first-order chi connectivity index (χ1) is 12.2. The van der Waals surface area contributed by atoms with E-state index in [1.165, 1.54) is 6.07 Å². The van der Waals surface area contributed by atoms with E-state index in [2.05, 4.69) is 10.1 Å². The molecule has 1 rings (SSSR count). The molecule has 9 nitrogen and oxygen atoms in total. The van der Waals surface area contributed by atoms with E-state index in [1.807, 2.05) is 0 Å². The lowest BCUT2D eigenvalue weighted by Crippen LogP contribution is -2.38. The topological polar surface area (TPSA) is 134 Å². The minimum Gasteiger partial charge on any atom is -0.460 e. The van der Waals surface area contributed by atoms with Crippen molar-refractivity contribution in [3.05, 3.63) is 39.4 Å². The van der Waals surface area contributed by atoms with Crippen molar-refractivity contribution in [1.29, 1.82) is 0 Å². The molecule has 1 radical (unpaired) electrons. The zero-order valence-corrected chi connectivity index (χ0v) is 15.1. The molecule has 3 N–H and O–H groups in total. The van der Waals surface area contributed by atoms with Gasteiger partial charge in [0.05, 0.1) is 24.1 Å². The molecule has 0 aliphatic rings. The fourth-order valence-corrected chi connectivity index (χ4v) is 2.38. The van der Waals surface area contributed by atoms with Gasteiger partial charge in [-0.3, -0.25) is 19.7 Å². The van der Waals surface area contributed by atoms with Crippen LogP contribution in [0.1, 0.15) is 38.3 Å². The molecule has 0 heterocycles. The molecule has 10 heteroatoms. The number of nitro benzene ring substituents is 1. The number of esters is 1. The summed E-state index contributed by atoms with van der Waals surface area (Å²) in [6, 6.07) is 3.94. The maximum absolute atomic E-state index is 12.1. The first kappa shape index (κ1) is 21.7. The summed E-state index contributed by atoms with van der Waals surface area (Å²) in [7, 11) is 1.15. The normalized spacial score (nSPS) is 12.3. The van der Waals surface area contributed by atoms with Crippen molar-refractivity contribution < 1.29 is 24.1 Å². The summed E-state index contributed by atoms with van der Waals surface area (Å²) >= 11 is 0. The Labute approximate surface area is 152 Å². The molecule has 0 bridgehead atoms. The fourth-order valence-electron chi connectivity index (χ4n) is 2.38. The Morgan fingerprint density at radius 3 is 2.69 bits per heavy atom. The Balaban J connectivity index is 3.01. The zero-order valence-electron chi connectivity index (χ0n) is 15.1. The second-order valence-corrected chi connectivity index (χ2v) is 6.69. The second-order valence-electron chi connectivity index (χ2n) is 6.69. The lowest BCUT2D eigenvalue weighted by atomic mass is 9.92. The van der Waals surface area contributed by atoms with E-state index in [4.69, 9.17) is 10.6 Å². The Morgan fingerprint density at radius 1 is 1.46 bits per heavy atom. The molecule has 0 saturated carbocycles. The van der Waals surface area contributed by atoms with E-state index < -0.39 is 22.5 Å². The molecule has 0 unspecified atom stereocenters. The summed E-state index contributed by atoms with van der Waals surface area (Å²) in [5.74, 6) is 4.58. The van der Waals surface area contributed by atoms with Gasteiger partial charge in [0, 0.05) is 17.7 Å². The third-order valence-corrected chi connectivity index (χ3v) is 3.29. The Bertz CT molecular complexity index is 647. The summed E-state index contributed by atoms with van der Waals surface area (Å²) in [5, 5.41) is 14.0. The number of hydrogen-bond donors (Lipinski definition) is 2. The number of nitrogens with one attached hydrogen (secondary N) is 1. The predicted octanol–water partition coefficient (Wildman–Crippen LogP) is 1.03. The van der Waals surface area contributed by atoms with Crippen LogP contribution in [0.15, 0.2) is 18.2 Å². The van der Waals surface area contributed by atoms with E-state index in [9.17, 15) is 19.7 Å². The SMILES string of the molecule is CC(C)(C)OC(=O)C[C@H](Cc1cc(CON)ccc1[N+](=O)[O-])N[B]C=O. The van der Waals surface area contributed by atoms with Crippen LogP contribution in [0.5, 0.6) is 0 Å². The number of ether oxygens (including phenoxy) is 1. The van der Waals surface area contributed by atoms with Crippen molar-refractivity contribution >= 4 is 25.3 Å². The molecule has 0 saturated heterocycles. The molecule has 0 amide bonds. The maximum Gasteiger partial charge on any atom is 0.307 e. The van der Waals surface area contributed by atoms with E-state index >= 15 is 0 Å². The van der Waals surface area contributed by atoms with Crippen LogP contribution >= 0.6 is 0 Å². The molecule has 0 aliphatic heterocycles. The Kier molecular flexibility index (Phi) is 8.36. The molecule has 1 aromatic carbocycles. The standard InChI is InChI=1S/C16H23BN3O6/c1-16(2,3)26-15(22)8-13(19-17-10-21)7-12-6-11(9-25-18)4-5-14(12)20(23)24/h4-6,10,13,19H,7-9,18H2,1-3H3/t13-/m0/s1. The van der Waals surface area contributed by atoms with Crippen molar-refractivity contribution in [3.63, 3.8) is 0 Å². The van der Waals surface area contributed by atoms with Crippen molar-refractivity contribution in [1.82, 2.24) is 5.23 Å². The van der Waals surface area contributed by atoms with Gasteiger partial charge in [0.25, 0.3) is 13.1 Å². The summed E-state index contributed by atoms with van der Waals surface area (Å²) in [6.45, 7) is 5.32. The Morgan fingerprint density at radius 2 is 2.15 bits per heavy atom. The highest BCUT2D eigenvalue weighted by molar-refractivity contribution is 6.64. The van der Waals surface area contributed by atoms with Gasteiger partial charge in [-0.25, -0.2) is 5.90 Å². The lowest BCUT2D eigenvalue weighted by molar-refractivity contribution is -0.385. The molecule has 1 atom stereocenters. The number of nitrogens with two attached hydrogens (primary N) is 1. The molecule has 141 valence electrons. The van der Waals surface area contributed by atoms with Gasteiger partial charge in [-0.05, 0) is 44.9 Å². The molecular formula is C16H23BN3O6. The van der Waals surface area contributed by atoms with Gasteiger partial charge >= 0.3 is 5.97 Å². The van der Waals surface area contributed by atoms with E-state index in [-0.39, 0.29) is 25.1 Å². The number of nitrogens with zero attached hydrogens (tertiary/aromatic N) is 1. The van der Waals surface area contributed by atoms with Gasteiger partial charge in [0.2, 0.25) is 0 Å². The van der Waals surface area contributed by atoms with Crippen molar-refractivity contribution in [2.24, 2.45) is 5.90 Å². The van der Waals surface area contributed by atoms with Crippen molar-refractivity contribution in [3.8, 4) is 0 Å². The molecule has 1 aromatic rings. The molecule has 0 aromatic heterocycles. The third kappa shape index (κ3) is 7.73. The fraction of sp³-hybridized carbons (Fsp3) is 0.500. The molecule has 0 aliphatic carbocycles. The monoisotopic (exact) mass is 364 g/mol. The summed E-state index contributed by atoms with van der Waals surface area (Å²) in [5.41, 5.74) is 0.307. The van der Waals surface area contributed by atoms with Gasteiger partial charge in [-0.15, -0.1) is 0 Å². The molecule has 0 fully saturated rings. The van der Waals surface area contributed by atoms with Gasteiger partial charge in [-0.1, -0.05) is 0 Å². The second kappa shape index (κ2) is 10.0. The number of rotatable bonds is 10. The first-order valence-corrected chi connectivity index (χ1v) is 7.99. The van der Waals surface area contributed by atoms with E-state index in [0.29, 0.717) is 17.3 Å². The predicted molar refractivity (Wildman–Crippen MR) is 95.7 cm³/mol. The van der Waals surface area contributed by atoms with Crippen LogP contribution in [0.2, 0.25) is 0 Å². The number of carbonyl (C=O) groups excluding carboxylic acids is 2. The third-order valence-electron chi connectivity index (χ3n) is 3.29. The van der Waals surface area contributed by atoms with Crippen LogP contribution in [-0.4, -0.2) is 36.1 Å². The number of carbonyl (C=O) groups is 2. The number of benzene rings is 1. The smallest absolute Gasteiger partial charge is 0.307 e. The summed E-state index contributed by atoms with van der Waals surface area (Å²) < 4.78 is 5.27. The zero-order chi connectivity index (χ0) is 19.7. The average Bonchev–Trinajstić information content (AvgIpc) is 2.51. The summed E-state index contributed by atoms with van der Waals surface area (Å²) in [4.78, 5) is 38.0. The van der Waals surface area contributed by atoms with Gasteiger partial charge in [0.15, 0.2) is 0 Å². The molecule has 26 heavy (non-hydrogen) atoms. The largest absolute Gasteiger partial charge is 0.460 e. The van der Waals surface area contributed by atoms with E-state index in [0.717, 1.165) is 7.41 Å². The van der Waals surface area contributed by atoms with Crippen LogP contribution in [0.4, 0.5) is 5.69 Å². The molecular weight excluding hydrogens is 341 g/mol. The minimum absolute atomic E-state index is 0.0591. The quantitative estimate of drug-likeness (QED) is 0.207. The van der Waals surface area contributed by atoms with Gasteiger partial charge in [-0.2, -0.15) is 0 Å². The van der Waals surface area contributed by atoms with Gasteiger partial charge < -0.3 is 14.8 Å². The highest BCUT2D eigenvalue weighted by atomic mass is 16.6. The van der Waals surface area contributed by atoms with Gasteiger partial charge in [0.1, 0.15) is 5.60 Å². The van der Waals surface area contributed by atoms with Crippen LogP contribution < -0.4 is 11.1 Å². The maximum atomic E-state index is 12.1. The van der Waals surface area contributed by atoms with E-state index in [1.54, 1.807) is 32.9 Å². The highest BCUT2D eigenvalue weighted by Gasteiger charge is 2.23.